The molecule has 0 spiro atoms. The number of sulfonamides is 1. The van der Waals surface area contributed by atoms with Gasteiger partial charge in [0.05, 0.1) is 23.2 Å². The van der Waals surface area contributed by atoms with Gasteiger partial charge in [-0.05, 0) is 35.0 Å². The van der Waals surface area contributed by atoms with E-state index in [2.05, 4.69) is 25.4 Å². The lowest BCUT2D eigenvalue weighted by molar-refractivity contribution is -0.142. The smallest absolute Gasteiger partial charge is 0.307 e. The van der Waals surface area contributed by atoms with Gasteiger partial charge in [-0.15, -0.1) is 0 Å². The molecule has 0 atom stereocenters. The van der Waals surface area contributed by atoms with Crippen LogP contribution >= 0.6 is 15.9 Å². The molecule has 6 nitrogen and oxygen atoms in total. The van der Waals surface area contributed by atoms with Gasteiger partial charge < -0.3 is 10.5 Å². The second-order valence-corrected chi connectivity index (χ2v) is 6.35. The van der Waals surface area contributed by atoms with Crippen LogP contribution in [0, 0.1) is 5.82 Å². The molecule has 0 radical (unpaired) electrons. The van der Waals surface area contributed by atoms with Crippen molar-refractivity contribution in [1.29, 1.82) is 0 Å². The molecule has 0 aliphatic rings. The van der Waals surface area contributed by atoms with Crippen molar-refractivity contribution in [3.05, 3.63) is 22.4 Å². The van der Waals surface area contributed by atoms with Crippen molar-refractivity contribution < 1.29 is 22.3 Å². The number of esters is 1. The zero-order valence-electron chi connectivity index (χ0n) is 10.7. The molecule has 0 unspecified atom stereocenters. The Bertz CT molecular complexity index is 607. The lowest BCUT2D eigenvalue weighted by atomic mass is 10.3. The predicted molar refractivity (Wildman–Crippen MR) is 75.0 cm³/mol. The number of nitrogens with one attached hydrogen (secondary N) is 1. The summed E-state index contributed by atoms with van der Waals surface area (Å²) in [5, 5.41) is 0. The lowest BCUT2D eigenvalue weighted by Crippen LogP contribution is -2.27. The summed E-state index contributed by atoms with van der Waals surface area (Å²) in [4.78, 5) is 10.8. The third-order valence-corrected chi connectivity index (χ3v) is 4.39. The van der Waals surface area contributed by atoms with Crippen LogP contribution in [0.2, 0.25) is 0 Å². The van der Waals surface area contributed by atoms with Crippen LogP contribution in [0.15, 0.2) is 21.5 Å². The van der Waals surface area contributed by atoms with E-state index in [1.165, 1.54) is 0 Å². The largest absolute Gasteiger partial charge is 0.466 e. The lowest BCUT2D eigenvalue weighted by Gasteiger charge is -2.10. The molecular weight excluding hydrogens is 355 g/mol. The van der Waals surface area contributed by atoms with E-state index in [9.17, 15) is 17.6 Å². The molecule has 0 aromatic heterocycles. The summed E-state index contributed by atoms with van der Waals surface area (Å²) in [5.74, 6) is -1.17. The molecule has 1 aromatic rings. The highest BCUT2D eigenvalue weighted by molar-refractivity contribution is 9.10. The van der Waals surface area contributed by atoms with E-state index in [1.54, 1.807) is 6.92 Å². The normalized spacial score (nSPS) is 11.3. The van der Waals surface area contributed by atoms with Gasteiger partial charge in [-0.1, -0.05) is 0 Å². The monoisotopic (exact) mass is 368 g/mol. The molecule has 9 heteroatoms. The summed E-state index contributed by atoms with van der Waals surface area (Å²) in [7, 11) is -3.92. The Hall–Kier alpha value is -1.19. The Morgan fingerprint density at radius 1 is 1.50 bits per heavy atom. The number of ether oxygens (including phenoxy) is 1. The van der Waals surface area contributed by atoms with Gasteiger partial charge in [0.25, 0.3) is 0 Å². The zero-order valence-corrected chi connectivity index (χ0v) is 13.1. The quantitative estimate of drug-likeness (QED) is 0.584. The van der Waals surface area contributed by atoms with Crippen LogP contribution in [0.3, 0.4) is 0 Å². The molecule has 0 heterocycles. The number of benzene rings is 1. The fourth-order valence-corrected chi connectivity index (χ4v) is 3.04. The Morgan fingerprint density at radius 2 is 2.15 bits per heavy atom. The predicted octanol–water partition coefficient (Wildman–Crippen LogP) is 1.40. The van der Waals surface area contributed by atoms with Crippen molar-refractivity contribution in [3.63, 3.8) is 0 Å². The van der Waals surface area contributed by atoms with Crippen LogP contribution in [0.1, 0.15) is 13.3 Å². The van der Waals surface area contributed by atoms with Crippen LogP contribution in [-0.2, 0) is 19.6 Å². The molecule has 112 valence electrons. The maximum atomic E-state index is 13.2. The van der Waals surface area contributed by atoms with Crippen LogP contribution in [-0.4, -0.2) is 27.5 Å². The van der Waals surface area contributed by atoms with Crippen molar-refractivity contribution in [3.8, 4) is 0 Å². The van der Waals surface area contributed by atoms with E-state index in [4.69, 9.17) is 5.73 Å². The molecule has 20 heavy (non-hydrogen) atoms. The minimum absolute atomic E-state index is 0.0162. The summed E-state index contributed by atoms with van der Waals surface area (Å²) in [6.07, 6.45) is -0.102. The maximum absolute atomic E-state index is 13.2. The van der Waals surface area contributed by atoms with Gasteiger partial charge >= 0.3 is 5.97 Å². The molecule has 0 aliphatic heterocycles. The highest BCUT2D eigenvalue weighted by Gasteiger charge is 2.19. The number of nitrogen functional groups attached to an aromatic ring is 1. The van der Waals surface area contributed by atoms with Crippen molar-refractivity contribution in [1.82, 2.24) is 4.72 Å². The molecule has 3 N–H and O–H groups in total. The van der Waals surface area contributed by atoms with Gasteiger partial charge in [-0.2, -0.15) is 0 Å². The van der Waals surface area contributed by atoms with E-state index >= 15 is 0 Å². The Kier molecular flexibility index (Phi) is 5.90. The number of rotatable bonds is 6. The van der Waals surface area contributed by atoms with E-state index in [0.717, 1.165) is 12.1 Å². The second-order valence-electron chi connectivity index (χ2n) is 3.76. The van der Waals surface area contributed by atoms with Crippen LogP contribution < -0.4 is 10.5 Å². The van der Waals surface area contributed by atoms with Crippen molar-refractivity contribution >= 4 is 37.6 Å². The standard InChI is InChI=1S/C11H14BrFN2O4S/c1-2-19-11(16)3-4-15-20(17,18)10-5-7(12)8(13)6-9(10)14/h5-6,15H,2-4,14H2,1H3. The third-order valence-electron chi connectivity index (χ3n) is 2.27. The average Bonchev–Trinajstić information content (AvgIpc) is 2.33. The average molecular weight is 369 g/mol. The topological polar surface area (TPSA) is 98.5 Å². The first kappa shape index (κ1) is 16.9. The van der Waals surface area contributed by atoms with Gasteiger partial charge in [0.1, 0.15) is 10.7 Å². The number of halogens is 2. The first-order valence-corrected chi connectivity index (χ1v) is 7.95. The number of carbonyl (C=O) groups is 1. The number of hydrogen-bond donors (Lipinski definition) is 2. The highest BCUT2D eigenvalue weighted by atomic mass is 79.9. The van der Waals surface area contributed by atoms with E-state index in [1.807, 2.05) is 0 Å². The molecule has 0 aliphatic carbocycles. The summed E-state index contributed by atoms with van der Waals surface area (Å²) >= 11 is 2.89. The van der Waals surface area contributed by atoms with Gasteiger partial charge in [-0.3, -0.25) is 4.79 Å². The Morgan fingerprint density at radius 3 is 2.75 bits per heavy atom. The minimum Gasteiger partial charge on any atom is -0.466 e. The summed E-state index contributed by atoms with van der Waals surface area (Å²) in [5.41, 5.74) is 5.27. The van der Waals surface area contributed by atoms with Gasteiger partial charge in [0.2, 0.25) is 10.0 Å². The van der Waals surface area contributed by atoms with Crippen LogP contribution in [0.4, 0.5) is 10.1 Å². The molecule has 0 saturated carbocycles. The molecule has 0 fully saturated rings. The number of hydrogen-bond acceptors (Lipinski definition) is 5. The first-order valence-electron chi connectivity index (χ1n) is 5.67. The SMILES string of the molecule is CCOC(=O)CCNS(=O)(=O)c1cc(Br)c(F)cc1N. The maximum Gasteiger partial charge on any atom is 0.307 e. The van der Waals surface area contributed by atoms with Crippen molar-refractivity contribution in [2.45, 2.75) is 18.2 Å². The van der Waals surface area contributed by atoms with Crippen LogP contribution in [0.5, 0.6) is 0 Å². The molecule has 0 bridgehead atoms. The van der Waals surface area contributed by atoms with E-state index in [-0.39, 0.29) is 34.6 Å². The fraction of sp³-hybridized carbons (Fsp3) is 0.364. The number of anilines is 1. The van der Waals surface area contributed by atoms with Gasteiger partial charge in [-0.25, -0.2) is 17.5 Å². The molecule has 1 aromatic carbocycles. The Labute approximate surface area is 124 Å². The summed E-state index contributed by atoms with van der Waals surface area (Å²) < 4.78 is 44.0. The third kappa shape index (κ3) is 4.43. The second kappa shape index (κ2) is 7.00. The van der Waals surface area contributed by atoms with Gasteiger partial charge in [0, 0.05) is 6.54 Å². The molecule has 1 rings (SSSR count). The highest BCUT2D eigenvalue weighted by Crippen LogP contribution is 2.25. The van der Waals surface area contributed by atoms with Crippen LogP contribution in [0.25, 0.3) is 0 Å². The number of nitrogens with two attached hydrogens (primary N) is 1. The Balaban J connectivity index is 2.79. The minimum atomic E-state index is -3.92. The van der Waals surface area contributed by atoms with E-state index in [0.29, 0.717) is 0 Å². The molecule has 0 amide bonds. The summed E-state index contributed by atoms with van der Waals surface area (Å²) in [6, 6.07) is 1.97. The number of carbonyl (C=O) groups excluding carboxylic acids is 1. The van der Waals surface area contributed by atoms with Crippen molar-refractivity contribution in [2.24, 2.45) is 0 Å². The molecule has 0 saturated heterocycles. The molecular formula is C11H14BrFN2O4S. The van der Waals surface area contributed by atoms with Gasteiger partial charge in [0.15, 0.2) is 0 Å². The van der Waals surface area contributed by atoms with E-state index < -0.39 is 21.8 Å². The summed E-state index contributed by atoms with van der Waals surface area (Å²) in [6.45, 7) is 1.75. The van der Waals surface area contributed by atoms with Crippen molar-refractivity contribution in [2.75, 3.05) is 18.9 Å². The fourth-order valence-electron chi connectivity index (χ4n) is 1.38. The zero-order chi connectivity index (χ0) is 15.3. The first-order chi connectivity index (χ1) is 9.27.